The number of hydrogen-bond acceptors (Lipinski definition) is 4. The Labute approximate surface area is 109 Å². The second kappa shape index (κ2) is 5.68. The molecule has 19 heavy (non-hydrogen) atoms. The van der Waals surface area contributed by atoms with E-state index in [0.717, 1.165) is 13.1 Å². The number of amides is 2. The van der Waals surface area contributed by atoms with Crippen LogP contribution < -0.4 is 20.1 Å². The lowest BCUT2D eigenvalue weighted by Crippen LogP contribution is -2.40. The van der Waals surface area contributed by atoms with E-state index in [1.54, 1.807) is 4.72 Å². The van der Waals surface area contributed by atoms with Gasteiger partial charge in [0.05, 0.1) is 5.30 Å². The molecule has 1 rings (SSSR count). The molecule has 1 aromatic carbocycles. The molecule has 0 aliphatic heterocycles. The molecule has 0 radical (unpaired) electrons. The van der Waals surface area contributed by atoms with Crippen molar-refractivity contribution in [3.05, 3.63) is 24.3 Å². The molecule has 0 heterocycles. The first-order valence-corrected chi connectivity index (χ1v) is 7.92. The van der Waals surface area contributed by atoms with Gasteiger partial charge in [0.15, 0.2) is 0 Å². The van der Waals surface area contributed by atoms with Gasteiger partial charge in [-0.2, -0.15) is 8.42 Å². The second-order valence-electron chi connectivity index (χ2n) is 3.36. The first kappa shape index (κ1) is 15.6. The Morgan fingerprint density at radius 2 is 1.95 bits per heavy atom. The Morgan fingerprint density at radius 1 is 1.32 bits per heavy atom. The van der Waals surface area contributed by atoms with Gasteiger partial charge in [-0.05, 0) is 18.2 Å². The molecule has 0 aliphatic rings. The number of hydrogen-bond donors (Lipinski definition) is 5. The minimum atomic E-state index is -4.44. The Bertz CT molecular complexity index is 625. The highest BCUT2D eigenvalue weighted by atomic mass is 32.2. The van der Waals surface area contributed by atoms with E-state index in [-0.39, 0.29) is 11.0 Å². The van der Waals surface area contributed by atoms with Crippen molar-refractivity contribution in [1.82, 2.24) is 9.44 Å². The predicted molar refractivity (Wildman–Crippen MR) is 68.3 cm³/mol. The zero-order valence-corrected chi connectivity index (χ0v) is 11.4. The highest BCUT2D eigenvalue weighted by Gasteiger charge is 2.18. The molecule has 2 amide bonds. The van der Waals surface area contributed by atoms with Crippen LogP contribution in [0.15, 0.2) is 24.3 Å². The molecule has 1 aromatic rings. The third-order valence-corrected chi connectivity index (χ3v) is 3.88. The smallest absolute Gasteiger partial charge is 0.321 e. The number of anilines is 1. The van der Waals surface area contributed by atoms with Gasteiger partial charge in [0.1, 0.15) is 0 Å². The van der Waals surface area contributed by atoms with Gasteiger partial charge >= 0.3 is 23.8 Å². The maximum Gasteiger partial charge on any atom is 0.356 e. The van der Waals surface area contributed by atoms with Gasteiger partial charge in [0.2, 0.25) is 0 Å². The largest absolute Gasteiger partial charge is 0.356 e. The molecule has 0 fully saturated rings. The molecule has 0 atom stereocenters. The molecule has 0 saturated heterocycles. The molecular weight excluding hydrogens is 297 g/mol. The molecule has 5 N–H and O–H groups in total. The highest BCUT2D eigenvalue weighted by Crippen LogP contribution is 2.33. The maximum atomic E-state index is 11.3. The topological polar surface area (TPSA) is 145 Å². The van der Waals surface area contributed by atoms with E-state index in [0.29, 0.717) is 0 Å². The standard InChI is InChI=1S/C8H12N3O6PS/c1-9-19(16,17)11-8(12)10-6-3-2-4-7(5-6)18(13,14)15/h2-5,9H,1H3,(H2,10,11,12)(H2,13,14,15). The first-order chi connectivity index (χ1) is 8.64. The number of carbonyl (C=O) groups is 1. The third-order valence-electron chi connectivity index (χ3n) is 1.94. The van der Waals surface area contributed by atoms with E-state index < -0.39 is 23.8 Å². The summed E-state index contributed by atoms with van der Waals surface area (Å²) in [5, 5.41) is 1.84. The zero-order valence-electron chi connectivity index (χ0n) is 9.69. The van der Waals surface area contributed by atoms with Crippen LogP contribution in [0.1, 0.15) is 0 Å². The summed E-state index contributed by atoms with van der Waals surface area (Å²) in [4.78, 5) is 29.2. The van der Waals surface area contributed by atoms with Gasteiger partial charge in [-0.1, -0.05) is 6.07 Å². The van der Waals surface area contributed by atoms with Crippen molar-refractivity contribution in [2.24, 2.45) is 0 Å². The average Bonchev–Trinajstić information content (AvgIpc) is 2.27. The average molecular weight is 309 g/mol. The van der Waals surface area contributed by atoms with Gasteiger partial charge < -0.3 is 15.1 Å². The van der Waals surface area contributed by atoms with E-state index in [1.165, 1.54) is 18.2 Å². The summed E-state index contributed by atoms with van der Waals surface area (Å²) in [6.45, 7) is 0. The van der Waals surface area contributed by atoms with Gasteiger partial charge in [0.25, 0.3) is 0 Å². The molecule has 0 saturated carbocycles. The van der Waals surface area contributed by atoms with E-state index >= 15 is 0 Å². The normalized spacial score (nSPS) is 11.9. The van der Waals surface area contributed by atoms with Gasteiger partial charge in [-0.15, -0.1) is 0 Å². The third kappa shape index (κ3) is 4.97. The predicted octanol–water partition coefficient (Wildman–Crippen LogP) is -0.925. The summed E-state index contributed by atoms with van der Waals surface area (Å²) in [5.74, 6) is 0. The lowest BCUT2D eigenvalue weighted by atomic mass is 10.3. The summed E-state index contributed by atoms with van der Waals surface area (Å²) in [7, 11) is -7.27. The van der Waals surface area contributed by atoms with Gasteiger partial charge in [-0.25, -0.2) is 14.2 Å². The lowest BCUT2D eigenvalue weighted by Gasteiger charge is -2.09. The summed E-state index contributed by atoms with van der Waals surface area (Å²) >= 11 is 0. The lowest BCUT2D eigenvalue weighted by molar-refractivity contribution is 0.256. The quantitative estimate of drug-likeness (QED) is 0.455. The van der Waals surface area contributed by atoms with E-state index in [9.17, 15) is 17.8 Å². The number of urea groups is 1. The number of rotatable bonds is 4. The van der Waals surface area contributed by atoms with Crippen LogP contribution in [0.3, 0.4) is 0 Å². The highest BCUT2D eigenvalue weighted by molar-refractivity contribution is 7.88. The van der Waals surface area contributed by atoms with Gasteiger partial charge in [-0.3, -0.25) is 4.57 Å². The molecule has 0 aliphatic carbocycles. The molecule has 106 valence electrons. The van der Waals surface area contributed by atoms with Crippen molar-refractivity contribution >= 4 is 34.8 Å². The van der Waals surface area contributed by atoms with E-state index in [2.05, 4.69) is 5.32 Å². The van der Waals surface area contributed by atoms with E-state index in [1.807, 2.05) is 4.72 Å². The van der Waals surface area contributed by atoms with Crippen LogP contribution >= 0.6 is 7.60 Å². The minimum Gasteiger partial charge on any atom is -0.321 e. The van der Waals surface area contributed by atoms with Crippen molar-refractivity contribution < 1.29 is 27.6 Å². The Balaban J connectivity index is 2.84. The number of benzene rings is 1. The van der Waals surface area contributed by atoms with Crippen LogP contribution in [0.25, 0.3) is 0 Å². The van der Waals surface area contributed by atoms with Gasteiger partial charge in [0, 0.05) is 12.7 Å². The molecule has 0 unspecified atom stereocenters. The zero-order chi connectivity index (χ0) is 14.7. The summed E-state index contributed by atoms with van der Waals surface area (Å²) in [6, 6.07) is 3.85. The minimum absolute atomic E-state index is 0.0460. The SMILES string of the molecule is CNS(=O)(=O)NC(=O)Nc1cccc(P(=O)(O)O)c1. The Kier molecular flexibility index (Phi) is 4.66. The molecule has 9 nitrogen and oxygen atoms in total. The Morgan fingerprint density at radius 3 is 2.47 bits per heavy atom. The van der Waals surface area contributed by atoms with Crippen molar-refractivity contribution in [3.63, 3.8) is 0 Å². The van der Waals surface area contributed by atoms with Crippen molar-refractivity contribution in [2.45, 2.75) is 0 Å². The van der Waals surface area contributed by atoms with Crippen LogP contribution in [0.2, 0.25) is 0 Å². The monoisotopic (exact) mass is 309 g/mol. The number of carbonyl (C=O) groups excluding carboxylic acids is 1. The molecule has 0 bridgehead atoms. The number of nitrogens with one attached hydrogen (secondary N) is 3. The summed E-state index contributed by atoms with van der Waals surface area (Å²) < 4.78 is 36.5. The molecule has 0 aromatic heterocycles. The second-order valence-corrected chi connectivity index (χ2v) is 6.58. The van der Waals surface area contributed by atoms with E-state index in [4.69, 9.17) is 9.79 Å². The molecule has 0 spiro atoms. The maximum absolute atomic E-state index is 11.3. The fourth-order valence-electron chi connectivity index (χ4n) is 1.09. The van der Waals surface area contributed by atoms with Crippen LogP contribution in [0, 0.1) is 0 Å². The first-order valence-electron chi connectivity index (χ1n) is 4.82. The van der Waals surface area contributed by atoms with Crippen LogP contribution in [0.4, 0.5) is 10.5 Å². The Hall–Kier alpha value is -1.45. The summed E-state index contributed by atoms with van der Waals surface area (Å²) in [5.41, 5.74) is 0.0460. The van der Waals surface area contributed by atoms with Crippen LogP contribution in [-0.4, -0.2) is 31.3 Å². The molecule has 11 heteroatoms. The van der Waals surface area contributed by atoms with Crippen molar-refractivity contribution in [2.75, 3.05) is 12.4 Å². The van der Waals surface area contributed by atoms with Crippen LogP contribution in [0.5, 0.6) is 0 Å². The fraction of sp³-hybridized carbons (Fsp3) is 0.125. The molecular formula is C8H12N3O6PS. The summed E-state index contributed by atoms with van der Waals surface area (Å²) in [6.07, 6.45) is 0. The van der Waals surface area contributed by atoms with Crippen LogP contribution in [-0.2, 0) is 14.8 Å². The fourth-order valence-corrected chi connectivity index (χ4v) is 2.08. The van der Waals surface area contributed by atoms with Crippen molar-refractivity contribution in [1.29, 1.82) is 0 Å². The van der Waals surface area contributed by atoms with Crippen molar-refractivity contribution in [3.8, 4) is 0 Å².